The van der Waals surface area contributed by atoms with Crippen molar-refractivity contribution in [3.8, 4) is 5.75 Å². The van der Waals surface area contributed by atoms with Crippen molar-refractivity contribution < 1.29 is 9.53 Å². The minimum Gasteiger partial charge on any atom is -0.496 e. The maximum atomic E-state index is 13.2. The van der Waals surface area contributed by atoms with Crippen LogP contribution in [0.3, 0.4) is 0 Å². The third-order valence-corrected chi connectivity index (χ3v) is 5.26. The Hall–Kier alpha value is -3.01. The first-order valence-corrected chi connectivity index (χ1v) is 9.39. The van der Waals surface area contributed by atoms with E-state index in [0.29, 0.717) is 13.0 Å². The van der Waals surface area contributed by atoms with Crippen LogP contribution < -0.4 is 4.74 Å². The first-order chi connectivity index (χ1) is 13.3. The van der Waals surface area contributed by atoms with E-state index < -0.39 is 0 Å². The van der Waals surface area contributed by atoms with Gasteiger partial charge in [0.05, 0.1) is 7.11 Å². The smallest absolute Gasteiger partial charge is 0.223 e. The fourth-order valence-electron chi connectivity index (χ4n) is 3.91. The molecule has 3 aromatic rings. The second kappa shape index (κ2) is 7.70. The van der Waals surface area contributed by atoms with Gasteiger partial charge in [0.1, 0.15) is 11.8 Å². The van der Waals surface area contributed by atoms with Crippen LogP contribution in [0.25, 0.3) is 0 Å². The van der Waals surface area contributed by atoms with Crippen molar-refractivity contribution in [2.45, 2.75) is 25.4 Å². The molecule has 1 amide bonds. The van der Waals surface area contributed by atoms with E-state index in [4.69, 9.17) is 4.74 Å². The molecule has 1 aliphatic heterocycles. The molecule has 0 bridgehead atoms. The normalized spacial score (nSPS) is 16.0. The van der Waals surface area contributed by atoms with Crippen molar-refractivity contribution in [2.24, 2.45) is 0 Å². The Morgan fingerprint density at radius 2 is 1.78 bits per heavy atom. The molecule has 1 unspecified atom stereocenters. The third kappa shape index (κ3) is 3.47. The summed E-state index contributed by atoms with van der Waals surface area (Å²) in [5.41, 5.74) is 3.37. The van der Waals surface area contributed by atoms with Crippen molar-refractivity contribution >= 4 is 5.91 Å². The van der Waals surface area contributed by atoms with Gasteiger partial charge in [-0.2, -0.15) is 0 Å². The first-order valence-electron chi connectivity index (χ1n) is 9.39. The molecule has 0 N–H and O–H groups in total. The van der Waals surface area contributed by atoms with E-state index in [-0.39, 0.29) is 11.9 Å². The number of hydrogen-bond donors (Lipinski definition) is 0. The standard InChI is InChI=1S/C23H24N2O2/c1-27-21-12-6-5-10-19(21)23-20-11-7-15-24(20)16-17-25(23)22(26)14-13-18-8-3-2-4-9-18/h2-12,15,23H,13-14,16-17H2,1H3. The van der Waals surface area contributed by atoms with E-state index in [9.17, 15) is 4.79 Å². The lowest BCUT2D eigenvalue weighted by molar-refractivity contribution is -0.133. The highest BCUT2D eigenvalue weighted by Crippen LogP contribution is 2.37. The summed E-state index contributed by atoms with van der Waals surface area (Å²) in [4.78, 5) is 15.2. The Morgan fingerprint density at radius 1 is 1.00 bits per heavy atom. The molecule has 0 aliphatic carbocycles. The zero-order valence-corrected chi connectivity index (χ0v) is 15.5. The number of nitrogens with zero attached hydrogens (tertiary/aromatic N) is 2. The molecule has 2 aromatic carbocycles. The minimum atomic E-state index is -0.117. The molecular weight excluding hydrogens is 336 g/mol. The number of amides is 1. The second-order valence-electron chi connectivity index (χ2n) is 6.84. The first kappa shape index (κ1) is 17.4. The number of fused-ring (bicyclic) bond motifs is 1. The summed E-state index contributed by atoms with van der Waals surface area (Å²) in [6.45, 7) is 1.53. The number of rotatable bonds is 5. The van der Waals surface area contributed by atoms with Crippen LogP contribution in [-0.2, 0) is 17.8 Å². The largest absolute Gasteiger partial charge is 0.496 e. The van der Waals surface area contributed by atoms with Crippen LogP contribution in [0.5, 0.6) is 5.75 Å². The van der Waals surface area contributed by atoms with Crippen LogP contribution in [0.15, 0.2) is 72.9 Å². The molecule has 0 saturated heterocycles. The highest BCUT2D eigenvalue weighted by molar-refractivity contribution is 5.78. The molecule has 0 saturated carbocycles. The predicted octanol–water partition coefficient (Wildman–Crippen LogP) is 4.06. The van der Waals surface area contributed by atoms with E-state index in [1.807, 2.05) is 41.3 Å². The highest BCUT2D eigenvalue weighted by atomic mass is 16.5. The topological polar surface area (TPSA) is 34.5 Å². The SMILES string of the molecule is COc1ccccc1C1c2cccn2CCN1C(=O)CCc1ccccc1. The summed E-state index contributed by atoms with van der Waals surface area (Å²) in [6.07, 6.45) is 3.36. The van der Waals surface area contributed by atoms with Crippen molar-refractivity contribution in [3.05, 3.63) is 89.7 Å². The van der Waals surface area contributed by atoms with Gasteiger partial charge in [-0.1, -0.05) is 48.5 Å². The average Bonchev–Trinajstić information content (AvgIpc) is 3.21. The minimum absolute atomic E-state index is 0.117. The van der Waals surface area contributed by atoms with Gasteiger partial charge in [0, 0.05) is 37.0 Å². The van der Waals surface area contributed by atoms with Gasteiger partial charge in [0.25, 0.3) is 0 Å². The summed E-state index contributed by atoms with van der Waals surface area (Å²) in [5.74, 6) is 1.00. The van der Waals surface area contributed by atoms with Gasteiger partial charge < -0.3 is 14.2 Å². The van der Waals surface area contributed by atoms with Crippen LogP contribution in [0.1, 0.15) is 29.3 Å². The van der Waals surface area contributed by atoms with Crippen LogP contribution in [0.4, 0.5) is 0 Å². The molecule has 1 aromatic heterocycles. The van der Waals surface area contributed by atoms with Crippen molar-refractivity contribution in [1.82, 2.24) is 9.47 Å². The quantitative estimate of drug-likeness (QED) is 0.688. The third-order valence-electron chi connectivity index (χ3n) is 5.26. The fraction of sp³-hybridized carbons (Fsp3) is 0.261. The van der Waals surface area contributed by atoms with Gasteiger partial charge in [-0.05, 0) is 30.2 Å². The Balaban J connectivity index is 1.63. The molecule has 4 heteroatoms. The average molecular weight is 360 g/mol. The molecule has 27 heavy (non-hydrogen) atoms. The number of aromatic nitrogens is 1. The van der Waals surface area contributed by atoms with E-state index in [0.717, 1.165) is 30.0 Å². The number of aryl methyl sites for hydroxylation is 1. The van der Waals surface area contributed by atoms with Crippen LogP contribution in [-0.4, -0.2) is 29.0 Å². The second-order valence-corrected chi connectivity index (χ2v) is 6.84. The molecule has 138 valence electrons. The van der Waals surface area contributed by atoms with E-state index >= 15 is 0 Å². The molecule has 1 aliphatic rings. The summed E-state index contributed by atoms with van der Waals surface area (Å²) in [6, 6.07) is 22.2. The Labute approximate surface area is 160 Å². The molecule has 0 radical (unpaired) electrons. The summed E-state index contributed by atoms with van der Waals surface area (Å²) < 4.78 is 7.83. The van der Waals surface area contributed by atoms with Gasteiger partial charge in [-0.25, -0.2) is 0 Å². The number of methoxy groups -OCH3 is 1. The van der Waals surface area contributed by atoms with Gasteiger partial charge in [0.2, 0.25) is 5.91 Å². The monoisotopic (exact) mass is 360 g/mol. The molecule has 0 spiro atoms. The highest BCUT2D eigenvalue weighted by Gasteiger charge is 2.33. The summed E-state index contributed by atoms with van der Waals surface area (Å²) >= 11 is 0. The Bertz CT molecular complexity index is 917. The summed E-state index contributed by atoms with van der Waals surface area (Å²) in [7, 11) is 1.68. The number of carbonyl (C=O) groups is 1. The number of ether oxygens (including phenoxy) is 1. The number of carbonyl (C=O) groups excluding carboxylic acids is 1. The molecule has 4 rings (SSSR count). The molecule has 2 heterocycles. The zero-order valence-electron chi connectivity index (χ0n) is 15.5. The lowest BCUT2D eigenvalue weighted by Gasteiger charge is -2.38. The Kier molecular flexibility index (Phi) is 4.97. The lowest BCUT2D eigenvalue weighted by Crippen LogP contribution is -2.42. The number of benzene rings is 2. The van der Waals surface area contributed by atoms with Crippen LogP contribution in [0.2, 0.25) is 0 Å². The molecular formula is C23H24N2O2. The molecule has 0 fully saturated rings. The van der Waals surface area contributed by atoms with Gasteiger partial charge in [-0.15, -0.1) is 0 Å². The van der Waals surface area contributed by atoms with Crippen LogP contribution >= 0.6 is 0 Å². The van der Waals surface area contributed by atoms with Gasteiger partial charge in [0.15, 0.2) is 0 Å². The van der Waals surface area contributed by atoms with E-state index in [1.54, 1.807) is 7.11 Å². The van der Waals surface area contributed by atoms with Gasteiger partial charge in [-0.3, -0.25) is 4.79 Å². The van der Waals surface area contributed by atoms with Crippen LogP contribution in [0, 0.1) is 0 Å². The number of para-hydroxylation sites is 1. The van der Waals surface area contributed by atoms with Gasteiger partial charge >= 0.3 is 0 Å². The predicted molar refractivity (Wildman–Crippen MR) is 106 cm³/mol. The zero-order chi connectivity index (χ0) is 18.6. The molecule has 1 atom stereocenters. The maximum absolute atomic E-state index is 13.2. The lowest BCUT2D eigenvalue weighted by atomic mass is 9.98. The fourth-order valence-corrected chi connectivity index (χ4v) is 3.91. The van der Waals surface area contributed by atoms with Crippen molar-refractivity contribution in [3.63, 3.8) is 0 Å². The van der Waals surface area contributed by atoms with E-state index in [1.165, 1.54) is 5.56 Å². The summed E-state index contributed by atoms with van der Waals surface area (Å²) in [5, 5.41) is 0. The van der Waals surface area contributed by atoms with Crippen molar-refractivity contribution in [1.29, 1.82) is 0 Å². The molecule has 4 nitrogen and oxygen atoms in total. The maximum Gasteiger partial charge on any atom is 0.223 e. The number of hydrogen-bond acceptors (Lipinski definition) is 2. The van der Waals surface area contributed by atoms with Crippen molar-refractivity contribution in [2.75, 3.05) is 13.7 Å². The van der Waals surface area contributed by atoms with E-state index in [2.05, 4.69) is 41.1 Å². The Morgan fingerprint density at radius 3 is 2.59 bits per heavy atom.